The highest BCUT2D eigenvalue weighted by molar-refractivity contribution is 8.05. The summed E-state index contributed by atoms with van der Waals surface area (Å²) < 4.78 is 65.9. The van der Waals surface area contributed by atoms with E-state index in [1.54, 1.807) is 30.3 Å². The normalized spacial score (nSPS) is 19.7. The molecule has 3 aromatic carbocycles. The fourth-order valence-corrected chi connectivity index (χ4v) is 7.94. The minimum absolute atomic E-state index is 0.621. The zero-order chi connectivity index (χ0) is 31.3. The Morgan fingerprint density at radius 1 is 0.953 bits per heavy atom. The molecule has 10 nitrogen and oxygen atoms in total. The van der Waals surface area contributed by atoms with Gasteiger partial charge < -0.3 is 5.32 Å². The van der Waals surface area contributed by atoms with Crippen LogP contribution in [0.3, 0.4) is 0 Å². The third kappa shape index (κ3) is 6.94. The van der Waals surface area contributed by atoms with Crippen LogP contribution in [-0.2, 0) is 25.0 Å². The maximum absolute atomic E-state index is 12.3. The van der Waals surface area contributed by atoms with Crippen molar-refractivity contribution in [2.75, 3.05) is 0 Å². The topological polar surface area (TPSA) is 163 Å². The number of hydrogen-bond donors (Lipinski definition) is 3. The Bertz CT molecular complexity index is 1850. The molecular formula is C30H27N3O7S3. The fraction of sp³-hybridized carbons (Fsp3) is 0.167. The Hall–Kier alpha value is -4.10. The Morgan fingerprint density at radius 3 is 2.00 bits per heavy atom. The highest BCUT2D eigenvalue weighted by Gasteiger charge is 2.64. The number of aromatic nitrogens is 1. The average Bonchev–Trinajstić information content (AvgIpc) is 2.95. The van der Waals surface area contributed by atoms with Gasteiger partial charge in [0.25, 0.3) is 20.2 Å². The number of hydrogen-bond acceptors (Lipinski definition) is 8. The van der Waals surface area contributed by atoms with E-state index in [9.17, 15) is 30.7 Å². The number of benzene rings is 3. The number of amides is 1. The lowest BCUT2D eigenvalue weighted by atomic mass is 9.86. The molecule has 0 fully saturated rings. The van der Waals surface area contributed by atoms with Gasteiger partial charge >= 0.3 is 0 Å². The third-order valence-corrected chi connectivity index (χ3v) is 10.8. The second-order valence-electron chi connectivity index (χ2n) is 9.78. The molecule has 1 aliphatic carbocycles. The van der Waals surface area contributed by atoms with Gasteiger partial charge in [0.2, 0.25) is 9.99 Å². The van der Waals surface area contributed by atoms with Crippen molar-refractivity contribution in [2.24, 2.45) is 10.9 Å². The van der Waals surface area contributed by atoms with Gasteiger partial charge in [0.15, 0.2) is 5.66 Å². The number of isothiocyanates is 1. The summed E-state index contributed by atoms with van der Waals surface area (Å²) in [4.78, 5) is 19.9. The first-order valence-corrected chi connectivity index (χ1v) is 16.1. The van der Waals surface area contributed by atoms with Crippen LogP contribution in [0.2, 0.25) is 0 Å². The van der Waals surface area contributed by atoms with E-state index in [1.165, 1.54) is 29.0 Å². The smallest absolute Gasteiger partial charge is 0.288 e. The number of carbonyl (C=O) groups excluding carboxylic acids is 1. The molecule has 0 bridgehead atoms. The monoisotopic (exact) mass is 637 g/mol. The molecule has 0 radical (unpaired) electrons. The van der Waals surface area contributed by atoms with Crippen LogP contribution in [0.1, 0.15) is 18.9 Å². The van der Waals surface area contributed by atoms with Crippen LogP contribution >= 0.6 is 12.2 Å². The third-order valence-electron chi connectivity index (χ3n) is 6.83. The van der Waals surface area contributed by atoms with Crippen LogP contribution in [-0.4, -0.2) is 51.7 Å². The van der Waals surface area contributed by atoms with E-state index in [1.807, 2.05) is 41.6 Å². The predicted octanol–water partition coefficient (Wildman–Crippen LogP) is 5.07. The fourth-order valence-electron chi connectivity index (χ4n) is 4.91. The van der Waals surface area contributed by atoms with Crippen molar-refractivity contribution in [3.8, 4) is 0 Å². The van der Waals surface area contributed by atoms with Gasteiger partial charge in [-0.05, 0) is 42.1 Å². The van der Waals surface area contributed by atoms with Gasteiger partial charge in [0, 0.05) is 30.0 Å². The number of nitrogens with one attached hydrogen (secondary N) is 1. The maximum Gasteiger partial charge on any atom is 0.288 e. The quantitative estimate of drug-likeness (QED) is 0.0861. The number of fused-ring (bicyclic) bond motifs is 2. The lowest BCUT2D eigenvalue weighted by Crippen LogP contribution is -2.61. The second-order valence-corrected chi connectivity index (χ2v) is 13.6. The van der Waals surface area contributed by atoms with Crippen molar-refractivity contribution in [1.82, 2.24) is 10.3 Å². The van der Waals surface area contributed by atoms with Crippen LogP contribution in [0.25, 0.3) is 27.9 Å². The molecule has 1 aliphatic rings. The van der Waals surface area contributed by atoms with Crippen LogP contribution in [0.15, 0.2) is 108 Å². The largest absolute Gasteiger partial charge is 0.328 e. The Kier molecular flexibility index (Phi) is 9.35. The summed E-state index contributed by atoms with van der Waals surface area (Å²) in [5, 5.41) is 6.66. The predicted molar refractivity (Wildman–Crippen MR) is 169 cm³/mol. The maximum atomic E-state index is 12.3. The van der Waals surface area contributed by atoms with Gasteiger partial charge in [-0.1, -0.05) is 85.0 Å². The average molecular weight is 638 g/mol. The summed E-state index contributed by atoms with van der Waals surface area (Å²) in [5.41, 5.74) is 0.796. The first-order chi connectivity index (χ1) is 20.3. The highest BCUT2D eigenvalue weighted by Crippen LogP contribution is 2.45. The van der Waals surface area contributed by atoms with E-state index in [2.05, 4.69) is 45.7 Å². The molecule has 1 heterocycles. The Morgan fingerprint density at radius 2 is 1.49 bits per heavy atom. The molecule has 0 aliphatic heterocycles. The summed E-state index contributed by atoms with van der Waals surface area (Å²) in [6, 6.07) is 27.1. The molecular weight excluding hydrogens is 611 g/mol. The van der Waals surface area contributed by atoms with Crippen molar-refractivity contribution in [3.63, 3.8) is 0 Å². The highest BCUT2D eigenvalue weighted by atomic mass is 32.3. The number of rotatable bonds is 6. The molecule has 0 saturated carbocycles. The molecule has 0 spiro atoms. The summed E-state index contributed by atoms with van der Waals surface area (Å²) in [6.45, 7) is 1.10. The van der Waals surface area contributed by atoms with Gasteiger partial charge in [-0.25, -0.2) is 4.98 Å². The van der Waals surface area contributed by atoms with Crippen LogP contribution < -0.4 is 5.32 Å². The van der Waals surface area contributed by atoms with Gasteiger partial charge in [0.1, 0.15) is 0 Å². The molecule has 43 heavy (non-hydrogen) atoms. The Balaban J connectivity index is 0.000000248. The number of allylic oxidation sites excluding steroid dienone is 2. The van der Waals surface area contributed by atoms with Gasteiger partial charge in [0.05, 0.1) is 16.2 Å². The van der Waals surface area contributed by atoms with E-state index < -0.39 is 48.2 Å². The SMILES string of the molecule is CC(=O)NC1(N=C=S)C=CC(C=Cc2ccccc2)C(S(=O)(=O)O)(S(=O)(=O)O)C1.c1ccc2nc3ccccc3cc2c1. The minimum Gasteiger partial charge on any atom is -0.328 e. The Labute approximate surface area is 254 Å². The molecule has 4 aromatic rings. The molecule has 2 atom stereocenters. The van der Waals surface area contributed by atoms with E-state index in [0.29, 0.717) is 5.56 Å². The molecule has 5 rings (SSSR count). The number of aliphatic imine (C=N–C) groups is 1. The van der Waals surface area contributed by atoms with Gasteiger partial charge in [-0.2, -0.15) is 21.8 Å². The van der Waals surface area contributed by atoms with Crippen LogP contribution in [0, 0.1) is 5.92 Å². The van der Waals surface area contributed by atoms with Crippen molar-refractivity contribution in [2.45, 2.75) is 23.1 Å². The summed E-state index contributed by atoms with van der Waals surface area (Å²) >= 11 is 4.52. The van der Waals surface area contributed by atoms with E-state index >= 15 is 0 Å². The molecule has 13 heteroatoms. The number of pyridine rings is 1. The molecule has 222 valence electrons. The first kappa shape index (κ1) is 31.8. The zero-order valence-corrected chi connectivity index (χ0v) is 25.2. The molecule has 1 aromatic heterocycles. The minimum atomic E-state index is -5.44. The van der Waals surface area contributed by atoms with Crippen molar-refractivity contribution < 1.29 is 30.7 Å². The van der Waals surface area contributed by atoms with E-state index in [-0.39, 0.29) is 0 Å². The molecule has 3 N–H and O–H groups in total. The summed E-state index contributed by atoms with van der Waals surface area (Å²) in [7, 11) is -10.9. The number of carbonyl (C=O) groups is 1. The van der Waals surface area contributed by atoms with E-state index in [4.69, 9.17) is 0 Å². The van der Waals surface area contributed by atoms with Crippen molar-refractivity contribution in [3.05, 3.63) is 109 Å². The van der Waals surface area contributed by atoms with Crippen LogP contribution in [0.5, 0.6) is 0 Å². The lowest BCUT2D eigenvalue weighted by molar-refractivity contribution is -0.120. The lowest BCUT2D eigenvalue weighted by Gasteiger charge is -2.41. The van der Waals surface area contributed by atoms with Crippen LogP contribution in [0.4, 0.5) is 0 Å². The standard InChI is InChI=1S/C17H18N2O7S3.C13H9N/c1-13(20)19-16(18-12-27)10-9-15(8-7-14-5-3-2-4-6-14)17(11-16,28(21,22)23)29(24,25)26;1-3-7-12-10(5-1)9-11-6-2-4-8-13(11)14-12/h2-10,15H,11H2,1H3,(H,19,20)(H,21,22,23)(H,24,25,26);1-9H. The van der Waals surface area contributed by atoms with E-state index in [0.717, 1.165) is 24.0 Å². The zero-order valence-electron chi connectivity index (χ0n) is 22.7. The van der Waals surface area contributed by atoms with Gasteiger partial charge in [-0.3, -0.25) is 13.9 Å². The summed E-state index contributed by atoms with van der Waals surface area (Å²) in [5.74, 6) is -2.18. The number of para-hydroxylation sites is 2. The number of thiocarbonyl (C=S) groups is 1. The first-order valence-electron chi connectivity index (χ1n) is 12.8. The number of nitrogens with zero attached hydrogens (tertiary/aromatic N) is 2. The molecule has 0 saturated heterocycles. The molecule has 1 amide bonds. The summed E-state index contributed by atoms with van der Waals surface area (Å²) in [6.07, 6.45) is 3.97. The van der Waals surface area contributed by atoms with Crippen molar-refractivity contribution >= 4 is 71.4 Å². The second kappa shape index (κ2) is 12.6. The van der Waals surface area contributed by atoms with Crippen molar-refractivity contribution in [1.29, 1.82) is 0 Å². The molecule has 2 unspecified atom stereocenters. The van der Waals surface area contributed by atoms with Gasteiger partial charge in [-0.15, -0.1) is 0 Å².